The highest BCUT2D eigenvalue weighted by atomic mass is 32.2. The minimum atomic E-state index is -3.82. The summed E-state index contributed by atoms with van der Waals surface area (Å²) in [7, 11) is -3.82. The highest BCUT2D eigenvalue weighted by molar-refractivity contribution is 7.89. The van der Waals surface area contributed by atoms with E-state index in [0.29, 0.717) is 11.8 Å². The van der Waals surface area contributed by atoms with Crippen LogP contribution in [0.1, 0.15) is 6.92 Å². The molecule has 0 bridgehead atoms. The molecule has 1 atom stereocenters. The van der Waals surface area contributed by atoms with Crippen molar-refractivity contribution >= 4 is 22.7 Å². The topological polar surface area (TPSA) is 46.2 Å². The van der Waals surface area contributed by atoms with Gasteiger partial charge in [-0.3, -0.25) is 0 Å². The maximum absolute atomic E-state index is 12.8. The lowest BCUT2D eigenvalue weighted by Gasteiger charge is -2.11. The monoisotopic (exact) mass is 267 g/mol. The number of nitrogens with one attached hydrogen (secondary N) is 1. The largest absolute Gasteiger partial charge is 0.240 e. The van der Waals surface area contributed by atoms with E-state index in [0.717, 1.165) is 12.1 Å². The van der Waals surface area contributed by atoms with Crippen molar-refractivity contribution in [2.75, 3.05) is 5.75 Å². The molecule has 7 heteroatoms. The maximum atomic E-state index is 12.8. The Morgan fingerprint density at radius 3 is 2.50 bits per heavy atom. The average Bonchev–Trinajstić information content (AvgIpc) is 2.21. The molecule has 1 rings (SSSR count). The van der Waals surface area contributed by atoms with Crippen LogP contribution < -0.4 is 4.72 Å². The Morgan fingerprint density at radius 2 is 2.00 bits per heavy atom. The minimum Gasteiger partial charge on any atom is -0.208 e. The number of hydrogen-bond acceptors (Lipinski definition) is 3. The summed E-state index contributed by atoms with van der Waals surface area (Å²) in [6.45, 7) is 1.62. The standard InChI is InChI=1S/C9H11F2NO2S2/c1-6(5-15)12-16(13,14)7-2-3-8(10)9(11)4-7/h2-4,6,12,15H,5H2,1H3. The first-order chi connectivity index (χ1) is 7.36. The van der Waals surface area contributed by atoms with Gasteiger partial charge in [0.1, 0.15) is 0 Å². The van der Waals surface area contributed by atoms with Gasteiger partial charge in [-0.1, -0.05) is 0 Å². The summed E-state index contributed by atoms with van der Waals surface area (Å²) in [5.74, 6) is -1.97. The Labute approximate surface area is 98.3 Å². The third kappa shape index (κ3) is 3.16. The smallest absolute Gasteiger partial charge is 0.208 e. The molecule has 0 saturated carbocycles. The summed E-state index contributed by atoms with van der Waals surface area (Å²) < 4.78 is 51.0. The van der Waals surface area contributed by atoms with Crippen molar-refractivity contribution in [2.45, 2.75) is 17.9 Å². The molecule has 3 nitrogen and oxygen atoms in total. The van der Waals surface area contributed by atoms with Crippen LogP contribution in [0.2, 0.25) is 0 Å². The molecule has 1 aromatic rings. The maximum Gasteiger partial charge on any atom is 0.240 e. The van der Waals surface area contributed by atoms with Crippen molar-refractivity contribution in [2.24, 2.45) is 0 Å². The molecule has 0 heterocycles. The van der Waals surface area contributed by atoms with Gasteiger partial charge in [-0.05, 0) is 25.1 Å². The SMILES string of the molecule is CC(CS)NS(=O)(=O)c1ccc(F)c(F)c1. The molecule has 0 aromatic heterocycles. The van der Waals surface area contributed by atoms with E-state index < -0.39 is 21.7 Å². The minimum absolute atomic E-state index is 0.306. The molecule has 0 amide bonds. The fourth-order valence-corrected chi connectivity index (χ4v) is 2.48. The third-order valence-corrected chi connectivity index (χ3v) is 3.97. The number of halogens is 2. The molecular formula is C9H11F2NO2S2. The number of sulfonamides is 1. The fraction of sp³-hybridized carbons (Fsp3) is 0.333. The van der Waals surface area contributed by atoms with Crippen LogP contribution in [0.4, 0.5) is 8.78 Å². The van der Waals surface area contributed by atoms with Crippen molar-refractivity contribution in [3.05, 3.63) is 29.8 Å². The number of benzene rings is 1. The highest BCUT2D eigenvalue weighted by Crippen LogP contribution is 2.14. The number of rotatable bonds is 4. The van der Waals surface area contributed by atoms with Crippen molar-refractivity contribution < 1.29 is 17.2 Å². The Bertz CT molecular complexity index is 476. The van der Waals surface area contributed by atoms with Crippen molar-refractivity contribution in [3.63, 3.8) is 0 Å². The zero-order valence-electron chi connectivity index (χ0n) is 8.44. The van der Waals surface area contributed by atoms with Crippen molar-refractivity contribution in [1.29, 1.82) is 0 Å². The van der Waals surface area contributed by atoms with E-state index in [-0.39, 0.29) is 10.9 Å². The van der Waals surface area contributed by atoms with E-state index in [2.05, 4.69) is 17.4 Å². The number of thiol groups is 1. The van der Waals surface area contributed by atoms with Crippen LogP contribution in [-0.4, -0.2) is 20.2 Å². The van der Waals surface area contributed by atoms with Crippen LogP contribution >= 0.6 is 12.6 Å². The molecule has 90 valence electrons. The first kappa shape index (κ1) is 13.4. The van der Waals surface area contributed by atoms with Crippen LogP contribution in [0.25, 0.3) is 0 Å². The van der Waals surface area contributed by atoms with Gasteiger partial charge in [0.05, 0.1) is 4.90 Å². The van der Waals surface area contributed by atoms with Gasteiger partial charge in [0.2, 0.25) is 10.0 Å². The van der Waals surface area contributed by atoms with Gasteiger partial charge >= 0.3 is 0 Å². The fourth-order valence-electron chi connectivity index (χ4n) is 1.01. The quantitative estimate of drug-likeness (QED) is 0.813. The lowest BCUT2D eigenvalue weighted by atomic mass is 10.3. The van der Waals surface area contributed by atoms with E-state index in [1.807, 2.05) is 0 Å². The first-order valence-corrected chi connectivity index (χ1v) is 6.56. The van der Waals surface area contributed by atoms with Gasteiger partial charge in [0.25, 0.3) is 0 Å². The van der Waals surface area contributed by atoms with Gasteiger partial charge < -0.3 is 0 Å². The van der Waals surface area contributed by atoms with Crippen molar-refractivity contribution in [3.8, 4) is 0 Å². The van der Waals surface area contributed by atoms with Gasteiger partial charge in [0.15, 0.2) is 11.6 Å². The molecular weight excluding hydrogens is 256 g/mol. The summed E-state index contributed by atoms with van der Waals surface area (Å²) in [6, 6.07) is 2.03. The summed E-state index contributed by atoms with van der Waals surface area (Å²) in [4.78, 5) is -0.306. The van der Waals surface area contributed by atoms with Crippen LogP contribution in [-0.2, 0) is 10.0 Å². The molecule has 1 unspecified atom stereocenters. The second kappa shape index (κ2) is 5.11. The summed E-state index contributed by atoms with van der Waals surface area (Å²) >= 11 is 3.92. The lowest BCUT2D eigenvalue weighted by molar-refractivity contribution is 0.504. The normalized spacial score (nSPS) is 13.8. The Morgan fingerprint density at radius 1 is 1.38 bits per heavy atom. The number of hydrogen-bond donors (Lipinski definition) is 2. The van der Waals surface area contributed by atoms with E-state index in [1.54, 1.807) is 6.92 Å². The Kier molecular flexibility index (Phi) is 4.28. The second-order valence-corrected chi connectivity index (χ2v) is 5.36. The third-order valence-electron chi connectivity index (χ3n) is 1.83. The average molecular weight is 267 g/mol. The predicted molar refractivity (Wildman–Crippen MR) is 60.0 cm³/mol. The Balaban J connectivity index is 3.03. The van der Waals surface area contributed by atoms with Crippen LogP contribution in [0.3, 0.4) is 0 Å². The zero-order valence-corrected chi connectivity index (χ0v) is 10.2. The molecule has 0 spiro atoms. The van der Waals surface area contributed by atoms with Gasteiger partial charge in [-0.2, -0.15) is 12.6 Å². The van der Waals surface area contributed by atoms with Crippen molar-refractivity contribution in [1.82, 2.24) is 4.72 Å². The first-order valence-electron chi connectivity index (χ1n) is 4.45. The molecule has 0 saturated heterocycles. The molecule has 0 radical (unpaired) electrons. The van der Waals surface area contributed by atoms with Crippen LogP contribution in [0.15, 0.2) is 23.1 Å². The molecule has 0 aliphatic heterocycles. The van der Waals surface area contributed by atoms with Gasteiger partial charge in [-0.25, -0.2) is 21.9 Å². The summed E-state index contributed by atoms with van der Waals surface area (Å²) in [5, 5.41) is 0. The molecule has 1 aromatic carbocycles. The van der Waals surface area contributed by atoms with Gasteiger partial charge in [-0.15, -0.1) is 0 Å². The van der Waals surface area contributed by atoms with E-state index in [4.69, 9.17) is 0 Å². The molecule has 0 aliphatic rings. The van der Waals surface area contributed by atoms with Crippen LogP contribution in [0, 0.1) is 11.6 Å². The predicted octanol–water partition coefficient (Wildman–Crippen LogP) is 1.56. The highest BCUT2D eigenvalue weighted by Gasteiger charge is 2.18. The molecule has 1 N–H and O–H groups in total. The molecule has 16 heavy (non-hydrogen) atoms. The van der Waals surface area contributed by atoms with E-state index >= 15 is 0 Å². The zero-order chi connectivity index (χ0) is 12.3. The summed E-state index contributed by atoms with van der Waals surface area (Å²) in [6.07, 6.45) is 0. The van der Waals surface area contributed by atoms with E-state index in [1.165, 1.54) is 0 Å². The molecule has 0 aliphatic carbocycles. The second-order valence-electron chi connectivity index (χ2n) is 3.28. The molecule has 0 fully saturated rings. The van der Waals surface area contributed by atoms with E-state index in [9.17, 15) is 17.2 Å². The van der Waals surface area contributed by atoms with Gasteiger partial charge in [0, 0.05) is 11.8 Å². The van der Waals surface area contributed by atoms with Crippen LogP contribution in [0.5, 0.6) is 0 Å². The summed E-state index contributed by atoms with van der Waals surface area (Å²) in [5.41, 5.74) is 0. The Hall–Kier alpha value is -0.660. The lowest BCUT2D eigenvalue weighted by Crippen LogP contribution is -2.33.